The summed E-state index contributed by atoms with van der Waals surface area (Å²) in [5.41, 5.74) is 0.547. The van der Waals surface area contributed by atoms with Crippen LogP contribution in [0.5, 0.6) is 0 Å². The minimum absolute atomic E-state index is 0.263. The molecule has 64 valence electrons. The second-order valence-corrected chi connectivity index (χ2v) is 3.04. The van der Waals surface area contributed by atoms with Gasteiger partial charge in [0.1, 0.15) is 0 Å². The summed E-state index contributed by atoms with van der Waals surface area (Å²) in [6, 6.07) is 0. The number of carbonyl (C=O) groups is 1. The fourth-order valence-corrected chi connectivity index (χ4v) is 0.996. The lowest BCUT2D eigenvalue weighted by Crippen LogP contribution is -2.09. The van der Waals surface area contributed by atoms with Crippen LogP contribution in [0.25, 0.3) is 0 Å². The van der Waals surface area contributed by atoms with Gasteiger partial charge in [0, 0.05) is 11.3 Å². The van der Waals surface area contributed by atoms with Gasteiger partial charge < -0.3 is 4.74 Å². The maximum Gasteiger partial charge on any atom is 0.334 e. The summed E-state index contributed by atoms with van der Waals surface area (Å²) in [6.07, 6.45) is 2.79. The van der Waals surface area contributed by atoms with Crippen LogP contribution in [0, 0.1) is 0 Å². The van der Waals surface area contributed by atoms with Crippen molar-refractivity contribution in [3.05, 3.63) is 12.2 Å². The van der Waals surface area contributed by atoms with Crippen LogP contribution in [0.4, 0.5) is 0 Å². The molecule has 0 spiro atoms. The van der Waals surface area contributed by atoms with Gasteiger partial charge in [-0.05, 0) is 12.7 Å². The molecule has 3 heteroatoms. The third-order valence-electron chi connectivity index (χ3n) is 1.04. The zero-order valence-corrected chi connectivity index (χ0v) is 7.87. The molecule has 0 aliphatic carbocycles. The van der Waals surface area contributed by atoms with Crippen LogP contribution in [-0.2, 0) is 9.53 Å². The molecular weight excluding hydrogens is 160 g/mol. The van der Waals surface area contributed by atoms with E-state index in [4.69, 9.17) is 4.74 Å². The molecule has 0 aromatic carbocycles. The first-order valence-corrected chi connectivity index (χ1v) is 4.95. The van der Waals surface area contributed by atoms with Gasteiger partial charge in [-0.1, -0.05) is 13.5 Å². The molecule has 0 aliphatic rings. The maximum atomic E-state index is 11.0. The second-order valence-electron chi connectivity index (χ2n) is 2.17. The maximum absolute atomic E-state index is 11.0. The highest BCUT2D eigenvalue weighted by Crippen LogP contribution is 2.03. The van der Waals surface area contributed by atoms with Gasteiger partial charge in [-0.3, -0.25) is 0 Å². The minimum atomic E-state index is -0.263. The molecule has 11 heavy (non-hydrogen) atoms. The summed E-state index contributed by atoms with van der Waals surface area (Å²) in [4.78, 5) is 11.0. The van der Waals surface area contributed by atoms with Crippen LogP contribution in [-0.4, -0.2) is 24.6 Å². The van der Waals surface area contributed by atoms with Crippen molar-refractivity contribution >= 4 is 17.7 Å². The van der Waals surface area contributed by atoms with E-state index in [1.165, 1.54) is 0 Å². The van der Waals surface area contributed by atoms with E-state index in [0.717, 1.165) is 6.42 Å². The van der Waals surface area contributed by atoms with Gasteiger partial charge >= 0.3 is 5.97 Å². The molecule has 0 bridgehead atoms. The van der Waals surface area contributed by atoms with Crippen molar-refractivity contribution in [2.45, 2.75) is 13.3 Å². The molecule has 0 saturated carbocycles. The molecule has 0 radical (unpaired) electrons. The van der Waals surface area contributed by atoms with Crippen LogP contribution in [0.15, 0.2) is 12.2 Å². The van der Waals surface area contributed by atoms with Crippen LogP contribution in [0.2, 0.25) is 0 Å². The fourth-order valence-electron chi connectivity index (χ4n) is 0.530. The quantitative estimate of drug-likeness (QED) is 0.470. The zero-order valence-electron chi connectivity index (χ0n) is 7.05. The van der Waals surface area contributed by atoms with E-state index in [2.05, 4.69) is 6.58 Å². The van der Waals surface area contributed by atoms with Crippen molar-refractivity contribution in [3.63, 3.8) is 0 Å². The number of rotatable bonds is 5. The molecule has 0 unspecified atom stereocenters. The molecule has 2 nitrogen and oxygen atoms in total. The van der Waals surface area contributed by atoms with E-state index in [1.807, 2.05) is 13.2 Å². The van der Waals surface area contributed by atoms with Crippen molar-refractivity contribution in [1.29, 1.82) is 0 Å². The number of thioether (sulfide) groups is 1. The van der Waals surface area contributed by atoms with Crippen molar-refractivity contribution in [2.24, 2.45) is 0 Å². The molecule has 0 amide bonds. The Hall–Kier alpha value is -0.440. The van der Waals surface area contributed by atoms with Gasteiger partial charge in [0.05, 0.1) is 6.61 Å². The van der Waals surface area contributed by atoms with Crippen LogP contribution in [0.3, 0.4) is 0 Å². The molecule has 0 N–H and O–H groups in total. The Morgan fingerprint density at radius 3 is 2.73 bits per heavy atom. The molecule has 0 saturated heterocycles. The third-order valence-corrected chi connectivity index (χ3v) is 1.68. The van der Waals surface area contributed by atoms with E-state index < -0.39 is 0 Å². The lowest BCUT2D eigenvalue weighted by atomic mass is 10.3. The van der Waals surface area contributed by atoms with Crippen molar-refractivity contribution < 1.29 is 9.53 Å². The number of ether oxygens (including phenoxy) is 1. The van der Waals surface area contributed by atoms with Gasteiger partial charge in [-0.15, -0.1) is 0 Å². The van der Waals surface area contributed by atoms with E-state index in [1.54, 1.807) is 11.8 Å². The summed E-state index contributed by atoms with van der Waals surface area (Å²) in [5, 5.41) is 0. The van der Waals surface area contributed by atoms with Crippen molar-refractivity contribution in [2.75, 3.05) is 18.6 Å². The molecule has 0 atom stereocenters. The molecular formula is C8H14O2S. The predicted molar refractivity (Wildman–Crippen MR) is 48.8 cm³/mol. The third kappa shape index (κ3) is 4.90. The van der Waals surface area contributed by atoms with Crippen molar-refractivity contribution in [1.82, 2.24) is 0 Å². The Morgan fingerprint density at radius 1 is 1.64 bits per heavy atom. The average Bonchev–Trinajstić information content (AvgIpc) is 2.00. The standard InChI is InChI=1S/C8H14O2S/c1-4-5-10-8(9)7(2)6-11-3/h2,4-6H2,1,3H3. The highest BCUT2D eigenvalue weighted by Gasteiger charge is 2.05. The molecule has 0 aromatic rings. The molecule has 0 fully saturated rings. The van der Waals surface area contributed by atoms with Gasteiger partial charge in [0.25, 0.3) is 0 Å². The average molecular weight is 174 g/mol. The largest absolute Gasteiger partial charge is 0.462 e. The monoisotopic (exact) mass is 174 g/mol. The summed E-state index contributed by atoms with van der Waals surface area (Å²) in [6.45, 7) is 6.06. The van der Waals surface area contributed by atoms with Crippen molar-refractivity contribution in [3.8, 4) is 0 Å². The first-order chi connectivity index (χ1) is 5.22. The Morgan fingerprint density at radius 2 is 2.27 bits per heavy atom. The normalized spacial score (nSPS) is 9.27. The van der Waals surface area contributed by atoms with Crippen LogP contribution >= 0.6 is 11.8 Å². The van der Waals surface area contributed by atoms with Gasteiger partial charge in [0.15, 0.2) is 0 Å². The Labute approximate surface area is 72.0 Å². The molecule has 0 aromatic heterocycles. The first kappa shape index (κ1) is 10.6. The summed E-state index contributed by atoms with van der Waals surface area (Å²) < 4.78 is 4.85. The number of hydrogen-bond acceptors (Lipinski definition) is 3. The Kier molecular flexibility index (Phi) is 6.03. The number of carbonyl (C=O) groups excluding carboxylic acids is 1. The SMILES string of the molecule is C=C(CSC)C(=O)OCCC. The lowest BCUT2D eigenvalue weighted by molar-refractivity contribution is -0.138. The second kappa shape index (κ2) is 6.28. The Bertz CT molecular complexity index is 143. The molecule has 0 aliphatic heterocycles. The highest BCUT2D eigenvalue weighted by molar-refractivity contribution is 7.98. The van der Waals surface area contributed by atoms with Gasteiger partial charge in [-0.2, -0.15) is 11.8 Å². The number of hydrogen-bond donors (Lipinski definition) is 0. The summed E-state index contributed by atoms with van der Waals surface area (Å²) >= 11 is 1.57. The topological polar surface area (TPSA) is 26.3 Å². The van der Waals surface area contributed by atoms with Gasteiger partial charge in [0.2, 0.25) is 0 Å². The van der Waals surface area contributed by atoms with E-state index in [0.29, 0.717) is 17.9 Å². The minimum Gasteiger partial charge on any atom is -0.462 e. The van der Waals surface area contributed by atoms with Gasteiger partial charge in [-0.25, -0.2) is 4.79 Å². The highest BCUT2D eigenvalue weighted by atomic mass is 32.2. The Balaban J connectivity index is 3.56. The van der Waals surface area contributed by atoms with E-state index in [-0.39, 0.29) is 5.97 Å². The zero-order chi connectivity index (χ0) is 8.69. The lowest BCUT2D eigenvalue weighted by Gasteiger charge is -2.03. The summed E-state index contributed by atoms with van der Waals surface area (Å²) in [7, 11) is 0. The number of esters is 1. The van der Waals surface area contributed by atoms with Crippen LogP contribution < -0.4 is 0 Å². The summed E-state index contributed by atoms with van der Waals surface area (Å²) in [5.74, 6) is 0.393. The first-order valence-electron chi connectivity index (χ1n) is 3.56. The van der Waals surface area contributed by atoms with E-state index in [9.17, 15) is 4.79 Å². The van der Waals surface area contributed by atoms with E-state index >= 15 is 0 Å². The molecule has 0 heterocycles. The van der Waals surface area contributed by atoms with Crippen LogP contribution in [0.1, 0.15) is 13.3 Å². The molecule has 0 rings (SSSR count). The predicted octanol–water partition coefficient (Wildman–Crippen LogP) is 1.86. The fraction of sp³-hybridized carbons (Fsp3) is 0.625. The smallest absolute Gasteiger partial charge is 0.334 e.